The summed E-state index contributed by atoms with van der Waals surface area (Å²) in [4.78, 5) is 18.9. The van der Waals surface area contributed by atoms with Crippen LogP contribution in [0.1, 0.15) is 29.7 Å². The fraction of sp³-hybridized carbons (Fsp3) is 0.200. The second kappa shape index (κ2) is 7.67. The number of aromatic nitrogens is 1. The number of nitrogens with zero attached hydrogens (tertiary/aromatic N) is 2. The van der Waals surface area contributed by atoms with E-state index in [2.05, 4.69) is 35.1 Å². The average molecular weight is 397 g/mol. The quantitative estimate of drug-likeness (QED) is 0.630. The number of allylic oxidation sites excluding steroid dienone is 1. The average Bonchev–Trinajstić information content (AvgIpc) is 3.22. The number of anilines is 1. The molecule has 0 unspecified atom stereocenters. The van der Waals surface area contributed by atoms with Gasteiger partial charge >= 0.3 is 0 Å². The fourth-order valence-electron chi connectivity index (χ4n) is 3.94. The van der Waals surface area contributed by atoms with E-state index in [0.29, 0.717) is 13.1 Å². The number of para-hydroxylation sites is 1. The maximum atomic E-state index is 12.6. The van der Waals surface area contributed by atoms with Crippen molar-refractivity contribution >= 4 is 34.3 Å². The van der Waals surface area contributed by atoms with Gasteiger partial charge in [0, 0.05) is 36.4 Å². The highest BCUT2D eigenvalue weighted by molar-refractivity contribution is 5.92. The third-order valence-corrected chi connectivity index (χ3v) is 5.66. The van der Waals surface area contributed by atoms with Gasteiger partial charge in [0.15, 0.2) is 0 Å². The summed E-state index contributed by atoms with van der Waals surface area (Å²) in [5, 5.41) is 4.32. The Bertz CT molecular complexity index is 1170. The Morgan fingerprint density at radius 3 is 2.93 bits per heavy atom. The molecule has 0 aliphatic carbocycles. The third kappa shape index (κ3) is 3.66. The third-order valence-electron chi connectivity index (χ3n) is 5.66. The largest absolute Gasteiger partial charge is 0.456 e. The van der Waals surface area contributed by atoms with Gasteiger partial charge in [0.1, 0.15) is 17.2 Å². The van der Waals surface area contributed by atoms with Crippen molar-refractivity contribution in [2.24, 2.45) is 0 Å². The van der Waals surface area contributed by atoms with Gasteiger partial charge in [0.25, 0.3) is 0 Å². The molecule has 5 heteroatoms. The minimum Gasteiger partial charge on any atom is -0.456 e. The summed E-state index contributed by atoms with van der Waals surface area (Å²) in [6.07, 6.45) is 9.97. The van der Waals surface area contributed by atoms with Crippen molar-refractivity contribution in [3.05, 3.63) is 83.9 Å². The lowest BCUT2D eigenvalue weighted by Crippen LogP contribution is -2.33. The van der Waals surface area contributed by atoms with Crippen molar-refractivity contribution in [3.8, 4) is 0 Å². The van der Waals surface area contributed by atoms with Crippen molar-refractivity contribution in [2.45, 2.75) is 19.3 Å². The molecule has 1 aromatic carbocycles. The second-order valence-corrected chi connectivity index (χ2v) is 7.75. The molecular formula is C25H23N3O2. The first-order valence-corrected chi connectivity index (χ1v) is 10.2. The number of benzene rings is 1. The molecule has 1 amide bonds. The lowest BCUT2D eigenvalue weighted by Gasteiger charge is -2.24. The lowest BCUT2D eigenvalue weighted by molar-refractivity contribution is -0.125. The van der Waals surface area contributed by atoms with Gasteiger partial charge in [-0.2, -0.15) is 0 Å². The minimum absolute atomic E-state index is 0.0131. The van der Waals surface area contributed by atoms with Gasteiger partial charge in [-0.3, -0.25) is 4.79 Å². The van der Waals surface area contributed by atoms with Crippen molar-refractivity contribution < 1.29 is 9.21 Å². The summed E-state index contributed by atoms with van der Waals surface area (Å²) in [6, 6.07) is 12.2. The van der Waals surface area contributed by atoms with Crippen LogP contribution in [0.2, 0.25) is 0 Å². The van der Waals surface area contributed by atoms with E-state index < -0.39 is 0 Å². The summed E-state index contributed by atoms with van der Waals surface area (Å²) in [6.45, 7) is 5.22. The van der Waals surface area contributed by atoms with Crippen LogP contribution in [0.5, 0.6) is 0 Å². The van der Waals surface area contributed by atoms with Crippen LogP contribution in [0.15, 0.2) is 71.4 Å². The first-order chi connectivity index (χ1) is 14.7. The van der Waals surface area contributed by atoms with E-state index in [4.69, 9.17) is 4.42 Å². The van der Waals surface area contributed by atoms with E-state index in [1.54, 1.807) is 12.3 Å². The highest BCUT2D eigenvalue weighted by Gasteiger charge is 2.18. The number of carbonyl (C=O) groups is 1. The van der Waals surface area contributed by atoms with E-state index in [1.807, 2.05) is 35.2 Å². The predicted molar refractivity (Wildman–Crippen MR) is 120 cm³/mol. The molecule has 0 fully saturated rings. The van der Waals surface area contributed by atoms with Gasteiger partial charge < -0.3 is 14.6 Å². The van der Waals surface area contributed by atoms with Gasteiger partial charge in [-0.05, 0) is 60.2 Å². The molecule has 2 aliphatic heterocycles. The molecule has 3 aromatic rings. The van der Waals surface area contributed by atoms with E-state index in [9.17, 15) is 4.79 Å². The number of aryl methyl sites for hydroxylation is 1. The van der Waals surface area contributed by atoms with Crippen LogP contribution in [-0.4, -0.2) is 28.9 Å². The molecule has 0 spiro atoms. The number of hydrogen-bond acceptors (Lipinski definition) is 4. The van der Waals surface area contributed by atoms with E-state index in [1.165, 1.54) is 0 Å². The fourth-order valence-corrected chi connectivity index (χ4v) is 3.94. The molecule has 5 nitrogen and oxygen atoms in total. The van der Waals surface area contributed by atoms with Crippen LogP contribution in [-0.2, 0) is 11.2 Å². The smallest absolute Gasteiger partial charge is 0.246 e. The van der Waals surface area contributed by atoms with E-state index >= 15 is 0 Å². The Labute approximate surface area is 175 Å². The summed E-state index contributed by atoms with van der Waals surface area (Å²) in [5.74, 6) is 1.78. The van der Waals surface area contributed by atoms with Crippen LogP contribution < -0.4 is 5.32 Å². The number of hydrogen-bond donors (Lipinski definition) is 1. The maximum Gasteiger partial charge on any atom is 0.246 e. The molecule has 0 bridgehead atoms. The Kier molecular flexibility index (Phi) is 4.71. The summed E-state index contributed by atoms with van der Waals surface area (Å²) in [5.41, 5.74) is 5.15. The molecule has 5 rings (SSSR count). The number of carbonyl (C=O) groups excluding carboxylic acids is 1. The molecule has 150 valence electrons. The SMILES string of the molecule is C=C1CCc2cc(/C=C/C(=O)N3CC=C(c4cc5ccccc5o4)CC3)cnc2N1. The molecule has 1 N–H and O–H groups in total. The normalized spacial score (nSPS) is 16.5. The maximum absolute atomic E-state index is 12.6. The highest BCUT2D eigenvalue weighted by atomic mass is 16.3. The standard InChI is InChI=1S/C25H23N3O2/c1-17-6-8-21-14-18(16-26-25(21)27-17)7-9-24(29)28-12-10-19(11-13-28)23-15-20-4-2-3-5-22(20)30-23/h2-5,7,9-10,14-16H,1,6,8,11-13H2,(H,26,27)/b9-7+. The van der Waals surface area contributed by atoms with Crippen LogP contribution >= 0.6 is 0 Å². The highest BCUT2D eigenvalue weighted by Crippen LogP contribution is 2.29. The lowest BCUT2D eigenvalue weighted by atomic mass is 10.0. The number of rotatable bonds is 3. The summed E-state index contributed by atoms with van der Waals surface area (Å²) < 4.78 is 5.96. The van der Waals surface area contributed by atoms with Crippen molar-refractivity contribution in [1.29, 1.82) is 0 Å². The molecule has 0 saturated carbocycles. The topological polar surface area (TPSA) is 58.4 Å². The van der Waals surface area contributed by atoms with Crippen LogP contribution in [0.25, 0.3) is 22.6 Å². The zero-order chi connectivity index (χ0) is 20.5. The minimum atomic E-state index is 0.0131. The Hall–Kier alpha value is -3.60. The molecule has 2 aromatic heterocycles. The van der Waals surface area contributed by atoms with E-state index in [0.717, 1.165) is 64.2 Å². The second-order valence-electron chi connectivity index (χ2n) is 7.75. The molecule has 0 radical (unpaired) electrons. The molecule has 4 heterocycles. The molecule has 30 heavy (non-hydrogen) atoms. The van der Waals surface area contributed by atoms with E-state index in [-0.39, 0.29) is 5.91 Å². The van der Waals surface area contributed by atoms with Gasteiger partial charge in [0.05, 0.1) is 0 Å². The van der Waals surface area contributed by atoms with Gasteiger partial charge in [-0.1, -0.05) is 30.9 Å². The molecular weight excluding hydrogens is 374 g/mol. The van der Waals surface area contributed by atoms with Crippen molar-refractivity contribution in [1.82, 2.24) is 9.88 Å². The molecule has 2 aliphatic rings. The zero-order valence-corrected chi connectivity index (χ0v) is 16.7. The first kappa shape index (κ1) is 18.4. The van der Waals surface area contributed by atoms with Gasteiger partial charge in [-0.25, -0.2) is 4.98 Å². The summed E-state index contributed by atoms with van der Waals surface area (Å²) in [7, 11) is 0. The number of amides is 1. The van der Waals surface area contributed by atoms with Crippen molar-refractivity contribution in [3.63, 3.8) is 0 Å². The number of pyridine rings is 1. The monoisotopic (exact) mass is 397 g/mol. The molecule has 0 saturated heterocycles. The Morgan fingerprint density at radius 2 is 2.10 bits per heavy atom. The van der Waals surface area contributed by atoms with Gasteiger partial charge in [-0.15, -0.1) is 0 Å². The predicted octanol–water partition coefficient (Wildman–Crippen LogP) is 5.03. The number of fused-ring (bicyclic) bond motifs is 2. The Balaban J connectivity index is 1.25. The van der Waals surface area contributed by atoms with Crippen LogP contribution in [0, 0.1) is 0 Å². The number of furan rings is 1. The zero-order valence-electron chi connectivity index (χ0n) is 16.7. The van der Waals surface area contributed by atoms with Crippen LogP contribution in [0.4, 0.5) is 5.82 Å². The molecule has 0 atom stereocenters. The first-order valence-electron chi connectivity index (χ1n) is 10.2. The van der Waals surface area contributed by atoms with Gasteiger partial charge in [0.2, 0.25) is 5.91 Å². The summed E-state index contributed by atoms with van der Waals surface area (Å²) >= 11 is 0. The number of nitrogens with one attached hydrogen (secondary N) is 1. The Morgan fingerprint density at radius 1 is 1.20 bits per heavy atom. The van der Waals surface area contributed by atoms with Crippen LogP contribution in [0.3, 0.4) is 0 Å². The van der Waals surface area contributed by atoms with Crippen molar-refractivity contribution in [2.75, 3.05) is 18.4 Å².